The van der Waals surface area contributed by atoms with Gasteiger partial charge in [-0.2, -0.15) is 9.97 Å². The van der Waals surface area contributed by atoms with E-state index in [1.54, 1.807) is 13.8 Å². The van der Waals surface area contributed by atoms with Crippen LogP contribution in [0.25, 0.3) is 11.2 Å². The Morgan fingerprint density at radius 3 is 2.76 bits per heavy atom. The Morgan fingerprint density at radius 2 is 2.12 bits per heavy atom. The summed E-state index contributed by atoms with van der Waals surface area (Å²) in [6.45, 7) is 2.64. The maximum absolute atomic E-state index is 12.3. The molecule has 4 N–H and O–H groups in total. The highest BCUT2D eigenvalue weighted by atomic mass is 16.6. The number of amides is 2. The molecule has 33 heavy (non-hydrogen) atoms. The third kappa shape index (κ3) is 5.27. The van der Waals surface area contributed by atoms with Gasteiger partial charge in [-0.1, -0.05) is 19.8 Å². The molecule has 0 radical (unpaired) electrons. The van der Waals surface area contributed by atoms with Crippen molar-refractivity contribution in [3.63, 3.8) is 0 Å². The van der Waals surface area contributed by atoms with E-state index in [0.29, 0.717) is 0 Å². The van der Waals surface area contributed by atoms with Crippen molar-refractivity contribution in [1.82, 2.24) is 19.5 Å². The molecule has 0 saturated carbocycles. The average Bonchev–Trinajstić information content (AvgIpc) is 3.32. The molecule has 2 amide bonds. The van der Waals surface area contributed by atoms with Gasteiger partial charge in [0.05, 0.1) is 12.9 Å². The molecule has 0 aromatic carbocycles. The van der Waals surface area contributed by atoms with Crippen molar-refractivity contribution in [3.8, 4) is 12.3 Å². The maximum atomic E-state index is 12.3. The van der Waals surface area contributed by atoms with Crippen LogP contribution < -0.4 is 10.6 Å². The number of aliphatic hydroxyl groups excluding tert-OH is 2. The largest absolute Gasteiger partial charge is 0.394 e. The normalized spacial score (nSPS) is 22.5. The summed E-state index contributed by atoms with van der Waals surface area (Å²) in [6.07, 6.45) is 2.65. The first kappa shape index (κ1) is 24.5. The van der Waals surface area contributed by atoms with Crippen LogP contribution in [0.2, 0.25) is 0 Å². The highest BCUT2D eigenvalue weighted by molar-refractivity contribution is 5.99. The topological polar surface area (TPSA) is 170 Å². The fourth-order valence-corrected chi connectivity index (χ4v) is 3.22. The second kappa shape index (κ2) is 10.6. The number of anilines is 2. The predicted octanol–water partition coefficient (Wildman–Crippen LogP) is -0.725. The molecule has 4 atom stereocenters. The van der Waals surface area contributed by atoms with Gasteiger partial charge in [-0.15, -0.1) is 6.42 Å². The number of hydrogen-bond acceptors (Lipinski definition) is 10. The number of nitrogens with zero attached hydrogens (tertiary/aromatic N) is 4. The Morgan fingerprint density at radius 1 is 1.36 bits per heavy atom. The highest BCUT2D eigenvalue weighted by Crippen LogP contribution is 2.34. The minimum atomic E-state index is -1.17. The summed E-state index contributed by atoms with van der Waals surface area (Å²) in [5, 5.41) is 25.2. The molecule has 1 fully saturated rings. The van der Waals surface area contributed by atoms with E-state index in [9.17, 15) is 19.8 Å². The Hall–Kier alpha value is -3.15. The van der Waals surface area contributed by atoms with E-state index in [0.717, 1.165) is 0 Å². The Bertz CT molecular complexity index is 1050. The number of ether oxygens (including phenoxy) is 3. The summed E-state index contributed by atoms with van der Waals surface area (Å²) >= 11 is 0. The molecular weight excluding hydrogens is 436 g/mol. The number of aromatic nitrogens is 4. The van der Waals surface area contributed by atoms with Gasteiger partial charge in [0.1, 0.15) is 31.5 Å². The molecule has 2 aromatic heterocycles. The smallest absolute Gasteiger partial charge is 0.252 e. The summed E-state index contributed by atoms with van der Waals surface area (Å²) in [6, 6.07) is 0. The van der Waals surface area contributed by atoms with Gasteiger partial charge < -0.3 is 29.7 Å². The van der Waals surface area contributed by atoms with E-state index in [4.69, 9.17) is 20.6 Å². The first-order chi connectivity index (χ1) is 15.8. The second-order valence-electron chi connectivity index (χ2n) is 7.56. The van der Waals surface area contributed by atoms with E-state index in [1.807, 2.05) is 0 Å². The van der Waals surface area contributed by atoms with E-state index >= 15 is 0 Å². The van der Waals surface area contributed by atoms with Gasteiger partial charge in [0.15, 0.2) is 23.2 Å². The van der Waals surface area contributed by atoms with Crippen molar-refractivity contribution in [1.29, 1.82) is 0 Å². The number of imidazole rings is 1. The lowest BCUT2D eigenvalue weighted by molar-refractivity contribution is -0.120. The number of aliphatic hydroxyl groups is 2. The van der Waals surface area contributed by atoms with Gasteiger partial charge in [0.25, 0.3) is 5.91 Å². The van der Waals surface area contributed by atoms with Crippen LogP contribution in [0.1, 0.15) is 20.1 Å². The van der Waals surface area contributed by atoms with Crippen LogP contribution in [-0.4, -0.2) is 86.8 Å². The lowest BCUT2D eigenvalue weighted by Crippen LogP contribution is -2.35. The van der Waals surface area contributed by atoms with Crippen LogP contribution in [0, 0.1) is 18.3 Å². The third-order valence-corrected chi connectivity index (χ3v) is 4.84. The van der Waals surface area contributed by atoms with Crippen LogP contribution in [0.4, 0.5) is 11.8 Å². The van der Waals surface area contributed by atoms with Crippen LogP contribution in [0.3, 0.4) is 0 Å². The molecular formula is C20H26N6O7. The van der Waals surface area contributed by atoms with Gasteiger partial charge in [0.2, 0.25) is 11.9 Å². The van der Waals surface area contributed by atoms with E-state index in [2.05, 4.69) is 31.5 Å². The van der Waals surface area contributed by atoms with Gasteiger partial charge in [-0.25, -0.2) is 4.98 Å². The Labute approximate surface area is 189 Å². The van der Waals surface area contributed by atoms with Crippen molar-refractivity contribution < 1.29 is 34.0 Å². The van der Waals surface area contributed by atoms with Gasteiger partial charge in [0, 0.05) is 13.0 Å². The molecule has 13 heteroatoms. The zero-order valence-electron chi connectivity index (χ0n) is 18.4. The van der Waals surface area contributed by atoms with Crippen LogP contribution in [0.5, 0.6) is 0 Å². The summed E-state index contributed by atoms with van der Waals surface area (Å²) in [5.74, 6) is 1.12. The lowest BCUT2D eigenvalue weighted by atomic mass is 10.1. The molecule has 0 spiro atoms. The Kier molecular flexibility index (Phi) is 7.90. The number of hydrogen-bond donors (Lipinski definition) is 4. The maximum Gasteiger partial charge on any atom is 0.252 e. The first-order valence-electron chi connectivity index (χ1n) is 10.1. The minimum Gasteiger partial charge on any atom is -0.394 e. The number of terminal acetylenes is 1. The lowest BCUT2D eigenvalue weighted by Gasteiger charge is -2.21. The van der Waals surface area contributed by atoms with Crippen LogP contribution in [-0.2, 0) is 23.8 Å². The van der Waals surface area contributed by atoms with Crippen molar-refractivity contribution in [3.05, 3.63) is 6.33 Å². The SMILES string of the molecule is C#CCO[C@@H]1[C@H](O)[C@@H](CO)O[C@H]1n1cnc2c(NC(=O)C(C)C)nc(NC(=O)COC)nc21. The fourth-order valence-electron chi connectivity index (χ4n) is 3.22. The minimum absolute atomic E-state index is 0.0727. The number of carbonyl (C=O) groups is 2. The molecule has 3 heterocycles. The second-order valence-corrected chi connectivity index (χ2v) is 7.56. The van der Waals surface area contributed by atoms with E-state index < -0.39 is 37.1 Å². The fraction of sp³-hybridized carbons (Fsp3) is 0.550. The summed E-state index contributed by atoms with van der Waals surface area (Å²) in [5.41, 5.74) is 0.400. The monoisotopic (exact) mass is 462 g/mol. The number of fused-ring (bicyclic) bond motifs is 1. The Balaban J connectivity index is 2.07. The van der Waals surface area contributed by atoms with Crippen LogP contribution >= 0.6 is 0 Å². The number of rotatable bonds is 9. The number of nitrogens with one attached hydrogen (secondary N) is 2. The van der Waals surface area contributed by atoms with E-state index in [-0.39, 0.29) is 48.0 Å². The van der Waals surface area contributed by atoms with Crippen molar-refractivity contribution in [2.75, 3.05) is 37.6 Å². The van der Waals surface area contributed by atoms with Crippen LogP contribution in [0.15, 0.2) is 6.33 Å². The standard InChI is InChI=1S/C20H26N6O7/c1-5-6-32-15-14(29)11(7-27)33-19(15)26-9-21-13-16(23-18(30)10(2)3)24-20(25-17(13)26)22-12(28)8-31-4/h1,9-11,14-15,19,27,29H,6-8H2,2-4H3,(H2,22,23,24,25,28,30)/t11-,14-,15-,19-/m1/s1. The zero-order valence-corrected chi connectivity index (χ0v) is 18.4. The first-order valence-corrected chi connectivity index (χ1v) is 10.1. The summed E-state index contributed by atoms with van der Waals surface area (Å²) in [4.78, 5) is 37.2. The zero-order chi connectivity index (χ0) is 24.1. The molecule has 1 aliphatic rings. The molecule has 2 aromatic rings. The third-order valence-electron chi connectivity index (χ3n) is 4.84. The van der Waals surface area contributed by atoms with Crippen molar-refractivity contribution in [2.24, 2.45) is 5.92 Å². The molecule has 1 aliphatic heterocycles. The summed E-state index contributed by atoms with van der Waals surface area (Å²) in [7, 11) is 1.36. The summed E-state index contributed by atoms with van der Waals surface area (Å²) < 4.78 is 17.6. The molecule has 1 saturated heterocycles. The quantitative estimate of drug-likeness (QED) is 0.349. The van der Waals surface area contributed by atoms with Gasteiger partial charge >= 0.3 is 0 Å². The van der Waals surface area contributed by atoms with E-state index in [1.165, 1.54) is 18.0 Å². The van der Waals surface area contributed by atoms with Gasteiger partial charge in [-0.05, 0) is 0 Å². The van der Waals surface area contributed by atoms with Crippen molar-refractivity contribution >= 4 is 34.7 Å². The molecule has 13 nitrogen and oxygen atoms in total. The number of methoxy groups -OCH3 is 1. The predicted molar refractivity (Wildman–Crippen MR) is 115 cm³/mol. The average molecular weight is 462 g/mol. The molecule has 0 bridgehead atoms. The van der Waals surface area contributed by atoms with Crippen molar-refractivity contribution in [2.45, 2.75) is 38.4 Å². The van der Waals surface area contributed by atoms with Gasteiger partial charge in [-0.3, -0.25) is 19.5 Å². The highest BCUT2D eigenvalue weighted by Gasteiger charge is 2.46. The molecule has 0 aliphatic carbocycles. The number of carbonyl (C=O) groups excluding carboxylic acids is 2. The molecule has 178 valence electrons. The molecule has 3 rings (SSSR count). The molecule has 0 unspecified atom stereocenters.